The second-order valence-electron chi connectivity index (χ2n) is 10.3. The van der Waals surface area contributed by atoms with Crippen molar-refractivity contribution in [1.82, 2.24) is 25.0 Å². The first-order chi connectivity index (χ1) is 15.4. The van der Waals surface area contributed by atoms with Gasteiger partial charge in [0.15, 0.2) is 0 Å². The molecule has 1 N–H and O–H groups in total. The van der Waals surface area contributed by atoms with Gasteiger partial charge in [-0.1, -0.05) is 12.1 Å². The number of amides is 2. The van der Waals surface area contributed by atoms with Crippen molar-refractivity contribution in [1.29, 1.82) is 0 Å². The van der Waals surface area contributed by atoms with Crippen LogP contribution in [0, 0.1) is 23.2 Å². The number of nitrogens with zero attached hydrogens (tertiary/aromatic N) is 4. The SMILES string of the molecule is CC(c1ccc(-n2cncn2)cc1)N(C)C(=O)CCNC(=O)C12CC3CC(CC(C3)C1)C2. The fourth-order valence-corrected chi connectivity index (χ4v) is 6.72. The summed E-state index contributed by atoms with van der Waals surface area (Å²) >= 11 is 0. The normalized spacial score (nSPS) is 29.0. The summed E-state index contributed by atoms with van der Waals surface area (Å²) in [5.74, 6) is 2.48. The maximum absolute atomic E-state index is 13.1. The van der Waals surface area contributed by atoms with Gasteiger partial charge in [0.05, 0.1) is 11.7 Å². The fraction of sp³-hybridized carbons (Fsp3) is 0.600. The molecule has 0 saturated heterocycles. The number of aromatic nitrogens is 3. The lowest BCUT2D eigenvalue weighted by Gasteiger charge is -2.55. The molecular weight excluding hydrogens is 402 g/mol. The number of hydrogen-bond acceptors (Lipinski definition) is 4. The summed E-state index contributed by atoms with van der Waals surface area (Å²) in [5, 5.41) is 7.26. The zero-order valence-electron chi connectivity index (χ0n) is 19.0. The zero-order chi connectivity index (χ0) is 22.3. The smallest absolute Gasteiger partial charge is 0.226 e. The van der Waals surface area contributed by atoms with Crippen molar-refractivity contribution in [3.8, 4) is 5.69 Å². The van der Waals surface area contributed by atoms with Crippen LogP contribution in [0.15, 0.2) is 36.9 Å². The first kappa shape index (κ1) is 21.2. The molecule has 2 aromatic rings. The molecule has 170 valence electrons. The quantitative estimate of drug-likeness (QED) is 0.722. The third-order valence-corrected chi connectivity index (χ3v) is 8.18. The summed E-state index contributed by atoms with van der Waals surface area (Å²) < 4.78 is 1.70. The number of benzene rings is 1. The highest BCUT2D eigenvalue weighted by atomic mass is 16.2. The van der Waals surface area contributed by atoms with Crippen molar-refractivity contribution in [3.05, 3.63) is 42.5 Å². The van der Waals surface area contributed by atoms with Crippen molar-refractivity contribution < 1.29 is 9.59 Å². The van der Waals surface area contributed by atoms with Crippen LogP contribution in [0.3, 0.4) is 0 Å². The molecule has 0 radical (unpaired) electrons. The van der Waals surface area contributed by atoms with Gasteiger partial charge in [-0.3, -0.25) is 9.59 Å². The number of nitrogens with one attached hydrogen (secondary N) is 1. The highest BCUT2D eigenvalue weighted by Crippen LogP contribution is 2.60. The zero-order valence-corrected chi connectivity index (χ0v) is 19.0. The predicted molar refractivity (Wildman–Crippen MR) is 121 cm³/mol. The largest absolute Gasteiger partial charge is 0.355 e. The molecule has 4 aliphatic carbocycles. The Labute approximate surface area is 189 Å². The molecule has 6 rings (SSSR count). The van der Waals surface area contributed by atoms with Gasteiger partial charge in [-0.2, -0.15) is 5.10 Å². The molecule has 0 spiro atoms. The molecule has 1 aromatic carbocycles. The average molecular weight is 436 g/mol. The van der Waals surface area contributed by atoms with E-state index in [4.69, 9.17) is 0 Å². The minimum absolute atomic E-state index is 0.0451. The van der Waals surface area contributed by atoms with Crippen LogP contribution in [0.25, 0.3) is 5.69 Å². The molecule has 4 bridgehead atoms. The van der Waals surface area contributed by atoms with E-state index in [1.54, 1.807) is 15.9 Å². The first-order valence-electron chi connectivity index (χ1n) is 11.9. The molecule has 32 heavy (non-hydrogen) atoms. The molecular formula is C25H33N5O2. The number of carbonyl (C=O) groups is 2. The molecule has 4 saturated carbocycles. The lowest BCUT2D eigenvalue weighted by atomic mass is 9.49. The van der Waals surface area contributed by atoms with Crippen molar-refractivity contribution >= 4 is 11.8 Å². The molecule has 2 amide bonds. The van der Waals surface area contributed by atoms with Gasteiger partial charge in [0, 0.05) is 25.4 Å². The maximum Gasteiger partial charge on any atom is 0.226 e. The van der Waals surface area contributed by atoms with Crippen LogP contribution >= 0.6 is 0 Å². The van der Waals surface area contributed by atoms with Crippen LogP contribution in [0.2, 0.25) is 0 Å². The van der Waals surface area contributed by atoms with E-state index in [0.29, 0.717) is 13.0 Å². The summed E-state index contributed by atoms with van der Waals surface area (Å²) in [6.45, 7) is 2.44. The third-order valence-electron chi connectivity index (χ3n) is 8.18. The van der Waals surface area contributed by atoms with Gasteiger partial charge >= 0.3 is 0 Å². The summed E-state index contributed by atoms with van der Waals surface area (Å²) in [4.78, 5) is 31.6. The number of rotatable bonds is 7. The Bertz CT molecular complexity index is 933. The van der Waals surface area contributed by atoms with Crippen LogP contribution in [0.1, 0.15) is 63.5 Å². The van der Waals surface area contributed by atoms with E-state index in [-0.39, 0.29) is 23.3 Å². The standard InChI is InChI=1S/C25H33N5O2/c1-17(21-3-5-22(6-4-21)30-16-26-15-28-30)29(2)23(31)7-8-27-24(32)25-12-18-9-19(13-25)11-20(10-18)14-25/h3-6,15-20H,7-14H2,1-2H3,(H,27,32). The summed E-state index contributed by atoms with van der Waals surface area (Å²) in [5.41, 5.74) is 1.84. The van der Waals surface area contributed by atoms with Crippen molar-refractivity contribution in [3.63, 3.8) is 0 Å². The van der Waals surface area contributed by atoms with Gasteiger partial charge in [0.25, 0.3) is 0 Å². The van der Waals surface area contributed by atoms with E-state index in [1.807, 2.05) is 38.2 Å². The van der Waals surface area contributed by atoms with Gasteiger partial charge in [-0.25, -0.2) is 9.67 Å². The van der Waals surface area contributed by atoms with Crippen LogP contribution in [0.5, 0.6) is 0 Å². The Kier molecular flexibility index (Phi) is 5.51. The predicted octanol–water partition coefficient (Wildman–Crippen LogP) is 3.51. The molecule has 1 heterocycles. The Hall–Kier alpha value is -2.70. The molecule has 7 heteroatoms. The van der Waals surface area contributed by atoms with Crippen molar-refractivity contribution in [2.24, 2.45) is 23.2 Å². The van der Waals surface area contributed by atoms with E-state index in [2.05, 4.69) is 15.4 Å². The molecule has 7 nitrogen and oxygen atoms in total. The second-order valence-corrected chi connectivity index (χ2v) is 10.3. The van der Waals surface area contributed by atoms with Gasteiger partial charge in [-0.15, -0.1) is 0 Å². The van der Waals surface area contributed by atoms with Crippen LogP contribution in [-0.2, 0) is 9.59 Å². The Morgan fingerprint density at radius 1 is 1.12 bits per heavy atom. The van der Waals surface area contributed by atoms with E-state index >= 15 is 0 Å². The Morgan fingerprint density at radius 3 is 2.31 bits per heavy atom. The second kappa shape index (κ2) is 8.34. The van der Waals surface area contributed by atoms with E-state index in [9.17, 15) is 9.59 Å². The van der Waals surface area contributed by atoms with Gasteiger partial charge in [-0.05, 0) is 80.9 Å². The van der Waals surface area contributed by atoms with Gasteiger partial charge in [0.2, 0.25) is 11.8 Å². The van der Waals surface area contributed by atoms with E-state index < -0.39 is 0 Å². The van der Waals surface area contributed by atoms with Crippen molar-refractivity contribution in [2.75, 3.05) is 13.6 Å². The Morgan fingerprint density at radius 2 is 1.75 bits per heavy atom. The minimum Gasteiger partial charge on any atom is -0.355 e. The van der Waals surface area contributed by atoms with E-state index in [0.717, 1.165) is 48.3 Å². The van der Waals surface area contributed by atoms with Crippen LogP contribution in [-0.4, -0.2) is 45.1 Å². The molecule has 1 aromatic heterocycles. The number of hydrogen-bond donors (Lipinski definition) is 1. The summed E-state index contributed by atoms with van der Waals surface area (Å²) in [6.07, 6.45) is 10.6. The molecule has 4 fully saturated rings. The summed E-state index contributed by atoms with van der Waals surface area (Å²) in [7, 11) is 1.83. The Balaban J connectivity index is 1.13. The minimum atomic E-state index is -0.150. The third kappa shape index (κ3) is 3.93. The lowest BCUT2D eigenvalue weighted by Crippen LogP contribution is -2.53. The van der Waals surface area contributed by atoms with Gasteiger partial charge in [0.1, 0.15) is 12.7 Å². The topological polar surface area (TPSA) is 80.1 Å². The number of carbonyl (C=O) groups excluding carboxylic acids is 2. The van der Waals surface area contributed by atoms with Crippen LogP contribution in [0.4, 0.5) is 0 Å². The maximum atomic E-state index is 13.1. The monoisotopic (exact) mass is 435 g/mol. The van der Waals surface area contributed by atoms with Gasteiger partial charge < -0.3 is 10.2 Å². The first-order valence-corrected chi connectivity index (χ1v) is 11.9. The highest BCUT2D eigenvalue weighted by molar-refractivity contribution is 5.84. The molecule has 4 aliphatic rings. The molecule has 1 unspecified atom stereocenters. The molecule has 1 atom stereocenters. The summed E-state index contributed by atoms with van der Waals surface area (Å²) in [6, 6.07) is 7.93. The average Bonchev–Trinajstić information content (AvgIpc) is 3.32. The molecule has 0 aliphatic heterocycles. The fourth-order valence-electron chi connectivity index (χ4n) is 6.72. The van der Waals surface area contributed by atoms with Crippen molar-refractivity contribution in [2.45, 2.75) is 57.9 Å². The lowest BCUT2D eigenvalue weighted by molar-refractivity contribution is -0.146. The van der Waals surface area contributed by atoms with Crippen LogP contribution < -0.4 is 5.32 Å². The van der Waals surface area contributed by atoms with E-state index in [1.165, 1.54) is 25.6 Å². The highest BCUT2D eigenvalue weighted by Gasteiger charge is 2.54.